The molecule has 2 rings (SSSR count). The Morgan fingerprint density at radius 1 is 0.917 bits per heavy atom. The molecular formula is C10H10N2+2. The molecule has 1 N–H and O–H groups in total. The van der Waals surface area contributed by atoms with Gasteiger partial charge in [0.2, 0.25) is 0 Å². The molecule has 2 aromatic heterocycles. The van der Waals surface area contributed by atoms with Crippen LogP contribution in [0.1, 0.15) is 0 Å². The summed E-state index contributed by atoms with van der Waals surface area (Å²) in [5.74, 6) is 1.07. The van der Waals surface area contributed by atoms with Crippen molar-refractivity contribution < 1.29 is 9.55 Å². The molecule has 0 unspecified atom stereocenters. The highest BCUT2D eigenvalue weighted by Gasteiger charge is 2.08. The summed E-state index contributed by atoms with van der Waals surface area (Å²) >= 11 is 0. The molecule has 0 spiro atoms. The van der Waals surface area contributed by atoms with Crippen LogP contribution in [0, 0.1) is 0 Å². The Morgan fingerprint density at radius 2 is 1.75 bits per heavy atom. The highest BCUT2D eigenvalue weighted by atomic mass is 15.0. The molecule has 0 fully saturated rings. The van der Waals surface area contributed by atoms with Crippen molar-refractivity contribution in [2.45, 2.75) is 0 Å². The topological polar surface area (TPSA) is 18.0 Å². The van der Waals surface area contributed by atoms with E-state index in [2.05, 4.69) is 4.98 Å². The Morgan fingerprint density at radius 3 is 2.42 bits per heavy atom. The highest BCUT2D eigenvalue weighted by Crippen LogP contribution is 1.86. The second-order valence-electron chi connectivity index (χ2n) is 2.53. The first-order chi connectivity index (χ1) is 5.97. The molecule has 0 radical (unpaired) electrons. The molecule has 0 saturated heterocycles. The summed E-state index contributed by atoms with van der Waals surface area (Å²) in [5.41, 5.74) is 0. The fourth-order valence-electron chi connectivity index (χ4n) is 1.10. The van der Waals surface area contributed by atoms with Crippen molar-refractivity contribution in [2.75, 3.05) is 0 Å². The van der Waals surface area contributed by atoms with Crippen molar-refractivity contribution >= 4 is 0 Å². The highest BCUT2D eigenvalue weighted by molar-refractivity contribution is 5.02. The van der Waals surface area contributed by atoms with Gasteiger partial charge in [0.05, 0.1) is 6.07 Å². The summed E-state index contributed by atoms with van der Waals surface area (Å²) < 4.78 is 2.03. The molecule has 0 aliphatic carbocycles. The van der Waals surface area contributed by atoms with Gasteiger partial charge in [-0.25, -0.2) is 0 Å². The van der Waals surface area contributed by atoms with Crippen molar-refractivity contribution in [3.8, 4) is 5.82 Å². The lowest BCUT2D eigenvalue weighted by molar-refractivity contribution is -0.672. The number of hydrogen-bond donors (Lipinski definition) is 0. The lowest BCUT2D eigenvalue weighted by Crippen LogP contribution is -2.36. The lowest BCUT2D eigenvalue weighted by atomic mass is 10.4. The SMILES string of the molecule is c1cc[n+](-c2cccc[nH+]2)cc1. The number of aromatic nitrogens is 2. The monoisotopic (exact) mass is 158 g/mol. The van der Waals surface area contributed by atoms with Crippen LogP contribution in [0.3, 0.4) is 0 Å². The van der Waals surface area contributed by atoms with Crippen molar-refractivity contribution in [1.82, 2.24) is 0 Å². The molecule has 0 amide bonds. The molecule has 0 atom stereocenters. The van der Waals surface area contributed by atoms with E-state index in [1.807, 2.05) is 59.6 Å². The van der Waals surface area contributed by atoms with E-state index in [-0.39, 0.29) is 0 Å². The van der Waals surface area contributed by atoms with Gasteiger partial charge in [-0.15, -0.1) is 4.57 Å². The molecule has 12 heavy (non-hydrogen) atoms. The number of nitrogens with zero attached hydrogens (tertiary/aromatic N) is 1. The zero-order valence-electron chi connectivity index (χ0n) is 6.64. The Bertz CT molecular complexity index is 305. The predicted molar refractivity (Wildman–Crippen MR) is 44.5 cm³/mol. The number of hydrogen-bond acceptors (Lipinski definition) is 0. The molecule has 0 aromatic carbocycles. The van der Waals surface area contributed by atoms with Gasteiger partial charge in [-0.2, -0.15) is 4.98 Å². The van der Waals surface area contributed by atoms with E-state index in [0.29, 0.717) is 0 Å². The molecule has 2 nitrogen and oxygen atoms in total. The summed E-state index contributed by atoms with van der Waals surface area (Å²) in [6, 6.07) is 12.0. The van der Waals surface area contributed by atoms with Crippen molar-refractivity contribution in [1.29, 1.82) is 0 Å². The minimum atomic E-state index is 1.07. The van der Waals surface area contributed by atoms with Gasteiger partial charge in [0, 0.05) is 18.2 Å². The second-order valence-corrected chi connectivity index (χ2v) is 2.53. The minimum absolute atomic E-state index is 1.07. The number of rotatable bonds is 1. The fourth-order valence-corrected chi connectivity index (χ4v) is 1.10. The third-order valence-corrected chi connectivity index (χ3v) is 1.69. The molecular weight excluding hydrogens is 148 g/mol. The van der Waals surface area contributed by atoms with Crippen LogP contribution in [0.4, 0.5) is 0 Å². The van der Waals surface area contributed by atoms with Gasteiger partial charge in [0.25, 0.3) is 0 Å². The number of nitrogens with one attached hydrogen (secondary N) is 1. The van der Waals surface area contributed by atoms with Crippen LogP contribution in [-0.2, 0) is 0 Å². The molecule has 0 bridgehead atoms. The third-order valence-electron chi connectivity index (χ3n) is 1.69. The molecule has 2 heterocycles. The summed E-state index contributed by atoms with van der Waals surface area (Å²) in [5, 5.41) is 0. The van der Waals surface area contributed by atoms with Gasteiger partial charge in [0.15, 0.2) is 18.6 Å². The van der Waals surface area contributed by atoms with Gasteiger partial charge >= 0.3 is 5.82 Å². The number of pyridine rings is 2. The van der Waals surface area contributed by atoms with Crippen molar-refractivity contribution in [3.05, 3.63) is 55.0 Å². The quantitative estimate of drug-likeness (QED) is 0.546. The van der Waals surface area contributed by atoms with Crippen LogP contribution < -0.4 is 9.55 Å². The second kappa shape index (κ2) is 3.13. The zero-order chi connectivity index (χ0) is 8.23. The fraction of sp³-hybridized carbons (Fsp3) is 0. The average Bonchev–Trinajstić information content (AvgIpc) is 2.21. The Balaban J connectivity index is 2.46. The Labute approximate surface area is 71.1 Å². The summed E-state index contributed by atoms with van der Waals surface area (Å²) in [6.45, 7) is 0. The van der Waals surface area contributed by atoms with Gasteiger partial charge in [-0.1, -0.05) is 6.07 Å². The molecule has 2 aromatic rings. The Hall–Kier alpha value is -1.70. The maximum absolute atomic E-state index is 3.15. The maximum atomic E-state index is 3.15. The van der Waals surface area contributed by atoms with Gasteiger partial charge in [-0.05, 0) is 6.07 Å². The van der Waals surface area contributed by atoms with E-state index in [1.54, 1.807) is 0 Å². The first kappa shape index (κ1) is 6.98. The molecule has 0 aliphatic heterocycles. The summed E-state index contributed by atoms with van der Waals surface area (Å²) in [7, 11) is 0. The molecule has 58 valence electrons. The van der Waals surface area contributed by atoms with Crippen molar-refractivity contribution in [3.63, 3.8) is 0 Å². The van der Waals surface area contributed by atoms with E-state index in [1.165, 1.54) is 0 Å². The maximum Gasteiger partial charge on any atom is 0.447 e. The molecule has 2 heteroatoms. The van der Waals surface area contributed by atoms with E-state index in [4.69, 9.17) is 0 Å². The third kappa shape index (κ3) is 1.32. The van der Waals surface area contributed by atoms with Crippen molar-refractivity contribution in [2.24, 2.45) is 0 Å². The van der Waals surface area contributed by atoms with E-state index >= 15 is 0 Å². The number of aromatic amines is 1. The normalized spacial score (nSPS) is 9.67. The van der Waals surface area contributed by atoms with Crippen LogP contribution in [0.5, 0.6) is 0 Å². The van der Waals surface area contributed by atoms with Gasteiger partial charge in [-0.3, -0.25) is 0 Å². The summed E-state index contributed by atoms with van der Waals surface area (Å²) in [6.07, 6.45) is 5.92. The van der Waals surface area contributed by atoms with Gasteiger partial charge in [0.1, 0.15) is 0 Å². The van der Waals surface area contributed by atoms with E-state index in [0.717, 1.165) is 5.82 Å². The average molecular weight is 158 g/mol. The Kier molecular flexibility index (Phi) is 1.82. The van der Waals surface area contributed by atoms with Gasteiger partial charge < -0.3 is 0 Å². The van der Waals surface area contributed by atoms with E-state index < -0.39 is 0 Å². The first-order valence-electron chi connectivity index (χ1n) is 3.90. The van der Waals surface area contributed by atoms with Crippen LogP contribution in [0.25, 0.3) is 5.82 Å². The largest absolute Gasteiger partial charge is 0.447 e. The number of H-pyrrole nitrogens is 1. The van der Waals surface area contributed by atoms with Crippen LogP contribution in [0.15, 0.2) is 55.0 Å². The smallest absolute Gasteiger partial charge is 0.155 e. The standard InChI is InChI=1S/C10H9N2/c1-4-8-12(9-5-1)10-6-2-3-7-11-10/h1-9H/q+1/p+1. The molecule has 0 aliphatic rings. The lowest BCUT2D eigenvalue weighted by Gasteiger charge is -1.85. The predicted octanol–water partition coefficient (Wildman–Crippen LogP) is 0.777. The van der Waals surface area contributed by atoms with E-state index in [9.17, 15) is 0 Å². The molecule has 0 saturated carbocycles. The zero-order valence-corrected chi connectivity index (χ0v) is 6.64. The summed E-state index contributed by atoms with van der Waals surface area (Å²) in [4.78, 5) is 3.15. The van der Waals surface area contributed by atoms with Crippen LogP contribution in [-0.4, -0.2) is 0 Å². The van der Waals surface area contributed by atoms with Crippen LogP contribution in [0.2, 0.25) is 0 Å². The minimum Gasteiger partial charge on any atom is -0.155 e. The first-order valence-corrected chi connectivity index (χ1v) is 3.90. The van der Waals surface area contributed by atoms with Crippen LogP contribution >= 0.6 is 0 Å².